The van der Waals surface area contributed by atoms with Crippen molar-refractivity contribution in [1.82, 2.24) is 0 Å². The predicted octanol–water partition coefficient (Wildman–Crippen LogP) is 5.91. The number of hydrogen-bond donors (Lipinski definition) is 1. The van der Waals surface area contributed by atoms with E-state index in [2.05, 4.69) is 91.0 Å². The number of aryl methyl sites for hydroxylation is 1. The average molecular weight is 379 g/mol. The Kier molecular flexibility index (Phi) is 4.69. The minimum absolute atomic E-state index is 0.0610. The minimum Gasteiger partial charge on any atom is -0.389 e. The van der Waals surface area contributed by atoms with Crippen molar-refractivity contribution in [1.29, 1.82) is 0 Å². The van der Waals surface area contributed by atoms with Crippen LogP contribution in [0.2, 0.25) is 0 Å². The second kappa shape index (κ2) is 7.50. The third kappa shape index (κ3) is 3.47. The van der Waals surface area contributed by atoms with E-state index in [1.807, 2.05) is 6.07 Å². The molecule has 144 valence electrons. The van der Waals surface area contributed by atoms with Crippen LogP contribution in [0.5, 0.6) is 0 Å². The van der Waals surface area contributed by atoms with Gasteiger partial charge in [-0.25, -0.2) is 0 Å². The van der Waals surface area contributed by atoms with Gasteiger partial charge in [-0.15, -0.1) is 0 Å². The summed E-state index contributed by atoms with van der Waals surface area (Å²) >= 11 is 0. The third-order valence-corrected chi connectivity index (χ3v) is 6.50. The molecule has 29 heavy (non-hydrogen) atoms. The summed E-state index contributed by atoms with van der Waals surface area (Å²) in [5.41, 5.74) is 7.23. The van der Waals surface area contributed by atoms with Crippen molar-refractivity contribution in [2.24, 2.45) is 5.92 Å². The molecule has 1 nitrogen and oxygen atoms in total. The second-order valence-corrected chi connectivity index (χ2v) is 8.34. The highest BCUT2D eigenvalue weighted by molar-refractivity contribution is 5.77. The van der Waals surface area contributed by atoms with Crippen LogP contribution in [0.3, 0.4) is 0 Å². The summed E-state index contributed by atoms with van der Waals surface area (Å²) in [5.74, 6) is 0.0610. The maximum Gasteiger partial charge on any atom is 0.0788 e. The van der Waals surface area contributed by atoms with E-state index in [1.165, 1.54) is 33.4 Å². The van der Waals surface area contributed by atoms with E-state index in [1.54, 1.807) is 0 Å². The molecule has 0 aliphatic heterocycles. The fourth-order valence-electron chi connectivity index (χ4n) is 4.89. The van der Waals surface area contributed by atoms with E-state index < -0.39 is 5.60 Å². The van der Waals surface area contributed by atoms with Crippen LogP contribution in [0.1, 0.15) is 28.7 Å². The number of fused-ring (bicyclic) bond motifs is 3. The van der Waals surface area contributed by atoms with Crippen LogP contribution >= 0.6 is 0 Å². The molecule has 0 spiro atoms. The molecule has 3 aromatic rings. The second-order valence-electron chi connectivity index (χ2n) is 8.34. The average Bonchev–Trinajstić information content (AvgIpc) is 3.42. The lowest BCUT2D eigenvalue weighted by molar-refractivity contribution is 0.00791. The molecule has 3 aromatic carbocycles. The quantitative estimate of drug-likeness (QED) is 0.442. The molecule has 0 aromatic heterocycles. The van der Waals surface area contributed by atoms with Crippen molar-refractivity contribution in [3.05, 3.63) is 119 Å². The van der Waals surface area contributed by atoms with E-state index in [4.69, 9.17) is 0 Å². The summed E-state index contributed by atoms with van der Waals surface area (Å²) in [7, 11) is 0. The van der Waals surface area contributed by atoms with Crippen LogP contribution in [-0.2, 0) is 19.3 Å². The van der Waals surface area contributed by atoms with Crippen LogP contribution in [0, 0.1) is 5.92 Å². The van der Waals surface area contributed by atoms with Crippen molar-refractivity contribution >= 4 is 0 Å². The highest BCUT2D eigenvalue weighted by Crippen LogP contribution is 2.41. The monoisotopic (exact) mass is 378 g/mol. The molecule has 5 rings (SSSR count). The summed E-state index contributed by atoms with van der Waals surface area (Å²) < 4.78 is 0. The van der Waals surface area contributed by atoms with Gasteiger partial charge in [0.2, 0.25) is 0 Å². The normalized spacial score (nSPS) is 16.6. The summed E-state index contributed by atoms with van der Waals surface area (Å²) in [4.78, 5) is 0. The van der Waals surface area contributed by atoms with E-state index in [0.717, 1.165) is 19.3 Å². The molecule has 2 aliphatic rings. The molecule has 2 aliphatic carbocycles. The van der Waals surface area contributed by atoms with Crippen molar-refractivity contribution < 1.29 is 5.11 Å². The number of benzene rings is 3. The summed E-state index contributed by atoms with van der Waals surface area (Å²) in [6.45, 7) is 0. The van der Waals surface area contributed by atoms with E-state index in [-0.39, 0.29) is 5.92 Å². The fraction of sp³-hybridized carbons (Fsp3) is 0.214. The maximum atomic E-state index is 11.9. The first-order valence-corrected chi connectivity index (χ1v) is 10.5. The van der Waals surface area contributed by atoms with E-state index in [9.17, 15) is 5.11 Å². The van der Waals surface area contributed by atoms with Gasteiger partial charge in [0.15, 0.2) is 0 Å². The highest BCUT2D eigenvalue weighted by atomic mass is 16.3. The summed E-state index contributed by atoms with van der Waals surface area (Å²) in [5, 5.41) is 11.9. The Bertz CT molecular complexity index is 1060. The highest BCUT2D eigenvalue weighted by Gasteiger charge is 2.36. The smallest absolute Gasteiger partial charge is 0.0788 e. The van der Waals surface area contributed by atoms with E-state index >= 15 is 0 Å². The lowest BCUT2D eigenvalue weighted by Gasteiger charge is -2.33. The molecule has 0 amide bonds. The number of aliphatic hydroxyl groups is 1. The van der Waals surface area contributed by atoms with Gasteiger partial charge in [-0.05, 0) is 52.6 Å². The fourth-order valence-corrected chi connectivity index (χ4v) is 4.89. The van der Waals surface area contributed by atoms with Gasteiger partial charge in [-0.2, -0.15) is 0 Å². The van der Waals surface area contributed by atoms with Crippen LogP contribution in [0.4, 0.5) is 0 Å². The lowest BCUT2D eigenvalue weighted by Crippen LogP contribution is -2.39. The molecular formula is C28H26O. The Labute approximate surface area is 173 Å². The van der Waals surface area contributed by atoms with Gasteiger partial charge in [0.05, 0.1) is 5.60 Å². The first-order valence-electron chi connectivity index (χ1n) is 10.5. The van der Waals surface area contributed by atoms with Crippen LogP contribution in [-0.4, -0.2) is 10.7 Å². The molecule has 0 bridgehead atoms. The Morgan fingerprint density at radius 1 is 0.793 bits per heavy atom. The van der Waals surface area contributed by atoms with Gasteiger partial charge in [0, 0.05) is 12.3 Å². The third-order valence-electron chi connectivity index (χ3n) is 6.50. The number of allylic oxidation sites excluding steroid dienone is 2. The summed E-state index contributed by atoms with van der Waals surface area (Å²) in [6.07, 6.45) is 11.7. The van der Waals surface area contributed by atoms with Crippen LogP contribution in [0.25, 0.3) is 11.1 Å². The van der Waals surface area contributed by atoms with Crippen molar-refractivity contribution in [3.63, 3.8) is 0 Å². The Hall–Kier alpha value is -2.90. The molecule has 0 saturated carbocycles. The molecule has 0 fully saturated rings. The zero-order valence-electron chi connectivity index (χ0n) is 16.6. The molecule has 0 radical (unpaired) electrons. The van der Waals surface area contributed by atoms with Gasteiger partial charge in [0.25, 0.3) is 0 Å². The molecule has 0 heterocycles. The number of hydrogen-bond acceptors (Lipinski definition) is 1. The molecule has 1 atom stereocenters. The zero-order chi connectivity index (χ0) is 19.7. The van der Waals surface area contributed by atoms with Gasteiger partial charge in [-0.3, -0.25) is 0 Å². The maximum absolute atomic E-state index is 11.9. The van der Waals surface area contributed by atoms with Gasteiger partial charge in [0.1, 0.15) is 0 Å². The van der Waals surface area contributed by atoms with Crippen molar-refractivity contribution in [2.45, 2.75) is 31.3 Å². The van der Waals surface area contributed by atoms with Gasteiger partial charge >= 0.3 is 0 Å². The number of rotatable bonds is 6. The molecule has 1 heteroatoms. The zero-order valence-corrected chi connectivity index (χ0v) is 16.6. The molecule has 0 saturated heterocycles. The first kappa shape index (κ1) is 18.1. The van der Waals surface area contributed by atoms with Crippen LogP contribution < -0.4 is 0 Å². The SMILES string of the molecule is OC(CCc1ccccc1)(Cc1cccc2c1Cc1ccccc1-2)C1C=CC=C1. The lowest BCUT2D eigenvalue weighted by atomic mass is 9.77. The Morgan fingerprint density at radius 3 is 2.34 bits per heavy atom. The van der Waals surface area contributed by atoms with Gasteiger partial charge in [-0.1, -0.05) is 97.1 Å². The van der Waals surface area contributed by atoms with Crippen LogP contribution in [0.15, 0.2) is 97.1 Å². The molecular weight excluding hydrogens is 352 g/mol. The van der Waals surface area contributed by atoms with E-state index in [0.29, 0.717) is 6.42 Å². The Balaban J connectivity index is 1.46. The summed E-state index contributed by atoms with van der Waals surface area (Å²) in [6, 6.07) is 25.8. The molecule has 1 N–H and O–H groups in total. The first-order chi connectivity index (χ1) is 14.2. The predicted molar refractivity (Wildman–Crippen MR) is 120 cm³/mol. The Morgan fingerprint density at radius 2 is 1.52 bits per heavy atom. The van der Waals surface area contributed by atoms with Gasteiger partial charge < -0.3 is 5.11 Å². The standard InChI is InChI=1S/C28H26O/c29-28(24-13-5-6-14-24,18-17-21-9-2-1-3-10-21)20-23-12-8-16-26-25-15-7-4-11-22(25)19-27(23)26/h1-16,24,29H,17-20H2. The topological polar surface area (TPSA) is 20.2 Å². The largest absolute Gasteiger partial charge is 0.389 e. The molecule has 1 unspecified atom stereocenters. The van der Waals surface area contributed by atoms with Crippen molar-refractivity contribution in [2.75, 3.05) is 0 Å². The minimum atomic E-state index is -0.788. The van der Waals surface area contributed by atoms with Crippen molar-refractivity contribution in [3.8, 4) is 11.1 Å².